The Bertz CT molecular complexity index is 5630. The number of phenols is 1. The molecule has 102 heavy (non-hydrogen) atoms. The number of phenolic OH excluding ortho intramolecular Hbond substituents is 1. The van der Waals surface area contributed by atoms with Crippen molar-refractivity contribution in [1.82, 2.24) is 4.98 Å². The highest BCUT2D eigenvalue weighted by atomic mass is 127. The third kappa shape index (κ3) is 18.2. The van der Waals surface area contributed by atoms with Crippen molar-refractivity contribution >= 4 is 154 Å². The summed E-state index contributed by atoms with van der Waals surface area (Å²) in [5.41, 5.74) is 9.23. The molecule has 0 spiro atoms. The fraction of sp³-hybridized carbons (Fsp3) is 0.0641. The molecule has 506 valence electrons. The van der Waals surface area contributed by atoms with Crippen LogP contribution in [0.25, 0.3) is 88.8 Å². The summed E-state index contributed by atoms with van der Waals surface area (Å²) in [6.07, 6.45) is 3.33. The lowest BCUT2D eigenvalue weighted by Gasteiger charge is -2.06. The zero-order chi connectivity index (χ0) is 72.4. The lowest BCUT2D eigenvalue weighted by Crippen LogP contribution is -2.27. The maximum absolute atomic E-state index is 9.45. The number of ether oxygens (including phenoxy) is 5. The maximum atomic E-state index is 9.45. The summed E-state index contributed by atoms with van der Waals surface area (Å²) in [6.45, 7) is 0.352. The quantitative estimate of drug-likeness (QED) is 0.0801. The molecule has 18 nitrogen and oxygen atoms in total. The van der Waals surface area contributed by atoms with E-state index < -0.39 is 7.12 Å². The van der Waals surface area contributed by atoms with E-state index in [4.69, 9.17) is 61.1 Å². The van der Waals surface area contributed by atoms with Gasteiger partial charge in [0.2, 0.25) is 0 Å². The van der Waals surface area contributed by atoms with Gasteiger partial charge in [0.1, 0.15) is 116 Å². The molecule has 0 aliphatic heterocycles. The van der Waals surface area contributed by atoms with Gasteiger partial charge in [0, 0.05) is 65.1 Å². The van der Waals surface area contributed by atoms with Gasteiger partial charge in [-0.1, -0.05) is 24.3 Å². The van der Waals surface area contributed by atoms with Crippen LogP contribution >= 0.6 is 86.3 Å². The van der Waals surface area contributed by atoms with Gasteiger partial charge >= 0.3 is 7.12 Å². The van der Waals surface area contributed by atoms with Crippen LogP contribution in [0.1, 0.15) is 27.9 Å². The molecule has 0 saturated carbocycles. The van der Waals surface area contributed by atoms with Crippen LogP contribution < -0.4 is 29.3 Å². The van der Waals surface area contributed by atoms with Crippen LogP contribution in [0.5, 0.6) is 34.5 Å². The van der Waals surface area contributed by atoms with Crippen LogP contribution in [0.4, 0.5) is 0 Å². The zero-order valence-electron chi connectivity index (χ0n) is 54.1. The minimum absolute atomic E-state index is 0.133. The molecule has 3 N–H and O–H groups in total. The first-order valence-corrected chi connectivity index (χ1v) is 34.5. The molecule has 0 fully saturated rings. The van der Waals surface area contributed by atoms with Crippen LogP contribution in [0.2, 0.25) is 0 Å². The Morgan fingerprint density at radius 2 is 0.814 bits per heavy atom. The summed E-state index contributed by atoms with van der Waals surface area (Å²) in [7, 11) is 4.89. The fourth-order valence-corrected chi connectivity index (χ4v) is 12.8. The smallest absolute Gasteiger partial charge is 0.508 e. The van der Waals surface area contributed by atoms with E-state index in [0.29, 0.717) is 74.6 Å². The molecule has 0 saturated heterocycles. The highest BCUT2D eigenvalue weighted by molar-refractivity contribution is 14.1. The zero-order valence-corrected chi connectivity index (χ0v) is 62.6. The van der Waals surface area contributed by atoms with Gasteiger partial charge in [-0.05, 0) is 268 Å². The van der Waals surface area contributed by atoms with Crippen LogP contribution in [0.3, 0.4) is 0 Å². The van der Waals surface area contributed by atoms with Gasteiger partial charge in [0.25, 0.3) is 0 Å². The SMILES string of the molecule is COc1ccc(COc2ccc3oc(-c4cccc(Br)c4C#N)cc3c2)nc1.COc1ccc2oc(-c3cccc(Br)c3C#N)cc2c1.COc1ccc2oc(B(O)O)cc2c1.COc1ccc2occc2c1.N#Cc1c(Br)cccc1-c1cc2cc(O)ccc2o1.N#Cc1c(Br)cccc1I. The largest absolute Gasteiger partial charge is 0.526 e. The molecule has 0 radical (unpaired) electrons. The van der Waals surface area contributed by atoms with Gasteiger partial charge in [-0.25, -0.2) is 0 Å². The number of rotatable bonds is 11. The molecular weight excluding hydrogens is 1670 g/mol. The number of hydrogen-bond acceptors (Lipinski definition) is 18. The molecule has 15 rings (SSSR count). The molecule has 0 unspecified atom stereocenters. The van der Waals surface area contributed by atoms with Crippen molar-refractivity contribution in [3.8, 4) is 92.7 Å². The Hall–Kier alpha value is -10.8. The second-order valence-electron chi connectivity index (χ2n) is 21.4. The predicted octanol–water partition coefficient (Wildman–Crippen LogP) is 20.4. The lowest BCUT2D eigenvalue weighted by atomic mass is 9.88. The Balaban J connectivity index is 0.000000136. The van der Waals surface area contributed by atoms with Crippen LogP contribution in [-0.2, 0) is 6.61 Å². The number of halogens is 5. The van der Waals surface area contributed by atoms with Gasteiger partial charge in [0.05, 0.1) is 68.8 Å². The fourth-order valence-electron chi connectivity index (χ4n) is 9.96. The van der Waals surface area contributed by atoms with Crippen molar-refractivity contribution in [2.45, 2.75) is 6.61 Å². The normalized spacial score (nSPS) is 10.3. The van der Waals surface area contributed by atoms with E-state index in [1.54, 1.807) is 83.4 Å². The Labute approximate surface area is 631 Å². The highest BCUT2D eigenvalue weighted by Gasteiger charge is 2.19. The summed E-state index contributed by atoms with van der Waals surface area (Å²) >= 11 is 15.6. The predicted molar refractivity (Wildman–Crippen MR) is 412 cm³/mol. The van der Waals surface area contributed by atoms with E-state index in [1.165, 1.54) is 0 Å². The molecule has 15 aromatic rings. The highest BCUT2D eigenvalue weighted by Crippen LogP contribution is 2.38. The standard InChI is InChI=1S/C22H15BrN2O3.C16H10BrNO2.C15H8BrNO2.C9H9BO4.C9H8O2.C7H3BrIN/c1-26-17-6-5-15(25-12-17)13-27-16-7-8-21-14(9-16)10-22(28-21)18-3-2-4-20(23)19(18)11-24;1-19-11-5-6-15-10(7-11)8-16(20-15)12-3-2-4-14(17)13(12)9-18;16-13-3-1-2-11(12(13)8-17)15-7-9-6-10(18)4-5-14(9)19-15;1-13-7-2-3-8-6(4-7)5-9(14-8)10(11)12;1-10-8-2-3-9-7(6-8)4-5-11-9;8-6-2-1-3-7(9)5(6)4-10/h2-10,12H,13H2,1H3;2-8H,1H3;1-7,18H;2-5,11-12H,1H3;2-6H,1H3;1-3H. The second kappa shape index (κ2) is 35.0. The Morgan fingerprint density at radius 3 is 1.25 bits per heavy atom. The number of methoxy groups -OCH3 is 4. The molecule has 0 aliphatic rings. The van der Waals surface area contributed by atoms with E-state index in [-0.39, 0.29) is 11.4 Å². The molecule has 0 aliphatic carbocycles. The lowest BCUT2D eigenvalue weighted by molar-refractivity contribution is 0.301. The summed E-state index contributed by atoms with van der Waals surface area (Å²) < 4.78 is 58.1. The summed E-state index contributed by atoms with van der Waals surface area (Å²) in [6, 6.07) is 71.0. The number of pyridine rings is 1. The summed E-state index contributed by atoms with van der Waals surface area (Å²) in [5, 5.41) is 68.3. The average molecular weight is 1730 g/mol. The van der Waals surface area contributed by atoms with Gasteiger partial charge in [-0.3, -0.25) is 4.98 Å². The molecular formula is C78H53BBr4IN5O13. The van der Waals surface area contributed by atoms with Crippen molar-refractivity contribution in [2.75, 3.05) is 28.4 Å². The average Bonchev–Trinajstić information content (AvgIpc) is 1.63. The van der Waals surface area contributed by atoms with Crippen molar-refractivity contribution in [3.05, 3.63) is 268 Å². The Kier molecular flexibility index (Phi) is 25.4. The summed E-state index contributed by atoms with van der Waals surface area (Å²) in [4.78, 5) is 4.29. The van der Waals surface area contributed by atoms with Crippen molar-refractivity contribution in [1.29, 1.82) is 21.0 Å². The second-order valence-corrected chi connectivity index (χ2v) is 26.0. The molecule has 6 heterocycles. The van der Waals surface area contributed by atoms with E-state index in [2.05, 4.69) is 116 Å². The third-order valence-electron chi connectivity index (χ3n) is 15.0. The first-order chi connectivity index (χ1) is 49.4. The van der Waals surface area contributed by atoms with Gasteiger partial charge in [-0.15, -0.1) is 0 Å². The number of hydrogen-bond donors (Lipinski definition) is 3. The molecule has 0 bridgehead atoms. The molecule has 0 amide bonds. The van der Waals surface area contributed by atoms with Gasteiger partial charge in [-0.2, -0.15) is 21.0 Å². The number of fused-ring (bicyclic) bond motifs is 5. The number of nitrogens with zero attached hydrogens (tertiary/aromatic N) is 5. The number of nitriles is 4. The number of furan rings is 5. The summed E-state index contributed by atoms with van der Waals surface area (Å²) in [5.74, 6) is 5.88. The number of aromatic nitrogens is 1. The van der Waals surface area contributed by atoms with Crippen molar-refractivity contribution in [3.63, 3.8) is 0 Å². The minimum atomic E-state index is -1.58. The molecule has 9 aromatic carbocycles. The first kappa shape index (κ1) is 73.9. The van der Waals surface area contributed by atoms with Crippen molar-refractivity contribution < 1.29 is 60.9 Å². The Morgan fingerprint density at radius 1 is 0.422 bits per heavy atom. The molecule has 6 aromatic heterocycles. The maximum Gasteiger partial charge on any atom is 0.526 e. The first-order valence-electron chi connectivity index (χ1n) is 30.3. The van der Waals surface area contributed by atoms with Gasteiger partial charge in [0.15, 0.2) is 0 Å². The van der Waals surface area contributed by atoms with E-state index >= 15 is 0 Å². The van der Waals surface area contributed by atoms with Gasteiger partial charge < -0.3 is 60.9 Å². The minimum Gasteiger partial charge on any atom is -0.508 e. The van der Waals surface area contributed by atoms with Crippen LogP contribution in [0.15, 0.2) is 259 Å². The monoisotopic (exact) mass is 1720 g/mol. The van der Waals surface area contributed by atoms with Crippen LogP contribution in [0, 0.1) is 48.9 Å². The molecule has 24 heteroatoms. The number of benzene rings is 9. The van der Waals surface area contributed by atoms with E-state index in [0.717, 1.165) is 99.0 Å². The topological polar surface area (TPSA) is 281 Å². The molecule has 0 atom stereocenters. The third-order valence-corrected chi connectivity index (χ3v) is 18.6. The number of aromatic hydroxyl groups is 1. The van der Waals surface area contributed by atoms with E-state index in [9.17, 15) is 20.9 Å². The van der Waals surface area contributed by atoms with E-state index in [1.807, 2.05) is 164 Å². The van der Waals surface area contributed by atoms with Crippen LogP contribution in [-0.4, -0.2) is 55.7 Å². The van der Waals surface area contributed by atoms with Crippen molar-refractivity contribution in [2.24, 2.45) is 0 Å².